The summed E-state index contributed by atoms with van der Waals surface area (Å²) in [7, 11) is 0. The number of aromatic nitrogens is 1. The number of carbonyl (C=O) groups is 1. The van der Waals surface area contributed by atoms with Crippen molar-refractivity contribution in [2.75, 3.05) is 12.3 Å². The minimum atomic E-state index is -0.205. The zero-order valence-corrected chi connectivity index (χ0v) is 10.6. The first-order chi connectivity index (χ1) is 8.10. The number of thiazole rings is 1. The standard InChI is InChI=1S/C12H14N2O2S/c1-3-16-10(15)6-8-4-7(2)11-9(5-8)17-12(13)14-11/h4-5H,3,6H2,1-2H3,(H2,13,14). The predicted octanol–water partition coefficient (Wildman–Crippen LogP) is 2.29. The summed E-state index contributed by atoms with van der Waals surface area (Å²) in [4.78, 5) is 15.7. The fraction of sp³-hybridized carbons (Fsp3) is 0.333. The van der Waals surface area contributed by atoms with Crippen LogP contribution in [0.3, 0.4) is 0 Å². The van der Waals surface area contributed by atoms with Gasteiger partial charge < -0.3 is 10.5 Å². The smallest absolute Gasteiger partial charge is 0.310 e. The number of carbonyl (C=O) groups excluding carboxylic acids is 1. The number of nitrogens with zero attached hydrogens (tertiary/aromatic N) is 1. The highest BCUT2D eigenvalue weighted by molar-refractivity contribution is 7.22. The number of nitrogens with two attached hydrogens (primary N) is 1. The normalized spacial score (nSPS) is 10.7. The van der Waals surface area contributed by atoms with Crippen LogP contribution in [0.4, 0.5) is 5.13 Å². The first-order valence-electron chi connectivity index (χ1n) is 5.41. The van der Waals surface area contributed by atoms with E-state index in [-0.39, 0.29) is 5.97 Å². The van der Waals surface area contributed by atoms with Crippen LogP contribution in [0.2, 0.25) is 0 Å². The summed E-state index contributed by atoms with van der Waals surface area (Å²) < 4.78 is 5.94. The molecule has 4 nitrogen and oxygen atoms in total. The Bertz CT molecular complexity index is 563. The molecule has 1 aromatic heterocycles. The van der Waals surface area contributed by atoms with Crippen molar-refractivity contribution in [3.05, 3.63) is 23.3 Å². The number of fused-ring (bicyclic) bond motifs is 1. The molecule has 0 aliphatic rings. The van der Waals surface area contributed by atoms with E-state index in [1.165, 1.54) is 11.3 Å². The molecule has 0 atom stereocenters. The number of anilines is 1. The Morgan fingerprint density at radius 3 is 3.00 bits per heavy atom. The van der Waals surface area contributed by atoms with Gasteiger partial charge in [-0.15, -0.1) is 0 Å². The second-order valence-corrected chi connectivity index (χ2v) is 4.86. The molecular weight excluding hydrogens is 236 g/mol. The van der Waals surface area contributed by atoms with Gasteiger partial charge in [-0.1, -0.05) is 17.4 Å². The van der Waals surface area contributed by atoms with Crippen LogP contribution in [-0.2, 0) is 16.0 Å². The minimum Gasteiger partial charge on any atom is -0.466 e. The minimum absolute atomic E-state index is 0.205. The molecule has 1 aromatic carbocycles. The molecule has 5 heteroatoms. The number of rotatable bonds is 3. The van der Waals surface area contributed by atoms with Crippen molar-refractivity contribution in [2.45, 2.75) is 20.3 Å². The first-order valence-corrected chi connectivity index (χ1v) is 6.23. The van der Waals surface area contributed by atoms with E-state index >= 15 is 0 Å². The van der Waals surface area contributed by atoms with Crippen LogP contribution in [0.15, 0.2) is 12.1 Å². The molecule has 90 valence electrons. The van der Waals surface area contributed by atoms with Crippen molar-refractivity contribution < 1.29 is 9.53 Å². The van der Waals surface area contributed by atoms with Crippen molar-refractivity contribution in [1.29, 1.82) is 0 Å². The maximum atomic E-state index is 11.4. The van der Waals surface area contributed by atoms with E-state index in [9.17, 15) is 4.79 Å². The molecule has 0 amide bonds. The number of benzene rings is 1. The summed E-state index contributed by atoms with van der Waals surface area (Å²) in [5.41, 5.74) is 8.57. The van der Waals surface area contributed by atoms with E-state index < -0.39 is 0 Å². The lowest BCUT2D eigenvalue weighted by Gasteiger charge is -2.03. The van der Waals surface area contributed by atoms with E-state index in [0.29, 0.717) is 18.2 Å². The lowest BCUT2D eigenvalue weighted by atomic mass is 10.1. The van der Waals surface area contributed by atoms with Crippen LogP contribution in [0.25, 0.3) is 10.2 Å². The molecule has 0 spiro atoms. The Morgan fingerprint density at radius 1 is 1.53 bits per heavy atom. The fourth-order valence-electron chi connectivity index (χ4n) is 1.77. The molecule has 1 heterocycles. The van der Waals surface area contributed by atoms with Crippen LogP contribution in [-0.4, -0.2) is 17.6 Å². The summed E-state index contributed by atoms with van der Waals surface area (Å²) >= 11 is 1.44. The molecule has 0 unspecified atom stereocenters. The third kappa shape index (κ3) is 2.55. The molecule has 0 aliphatic carbocycles. The molecule has 0 saturated carbocycles. The lowest BCUT2D eigenvalue weighted by molar-refractivity contribution is -0.142. The summed E-state index contributed by atoms with van der Waals surface area (Å²) in [6.45, 7) is 4.18. The van der Waals surface area contributed by atoms with E-state index in [1.807, 2.05) is 19.1 Å². The molecule has 0 aliphatic heterocycles. The first kappa shape index (κ1) is 11.9. The molecule has 0 radical (unpaired) electrons. The van der Waals surface area contributed by atoms with E-state index in [4.69, 9.17) is 10.5 Å². The average Bonchev–Trinajstić information content (AvgIpc) is 2.59. The second kappa shape index (κ2) is 4.71. The van der Waals surface area contributed by atoms with Gasteiger partial charge in [-0.05, 0) is 31.0 Å². The number of hydrogen-bond acceptors (Lipinski definition) is 5. The number of hydrogen-bond donors (Lipinski definition) is 1. The van der Waals surface area contributed by atoms with Gasteiger partial charge in [0.15, 0.2) is 5.13 Å². The maximum Gasteiger partial charge on any atom is 0.310 e. The molecule has 0 saturated heterocycles. The molecule has 2 N–H and O–H groups in total. The Morgan fingerprint density at radius 2 is 2.29 bits per heavy atom. The quantitative estimate of drug-likeness (QED) is 0.849. The Hall–Kier alpha value is -1.62. The van der Waals surface area contributed by atoms with Crippen molar-refractivity contribution in [2.24, 2.45) is 0 Å². The highest BCUT2D eigenvalue weighted by Gasteiger charge is 2.09. The van der Waals surface area contributed by atoms with Crippen LogP contribution in [0, 0.1) is 6.92 Å². The van der Waals surface area contributed by atoms with Gasteiger partial charge in [-0.2, -0.15) is 0 Å². The summed E-state index contributed by atoms with van der Waals surface area (Å²) in [5.74, 6) is -0.205. The topological polar surface area (TPSA) is 65.2 Å². The van der Waals surface area contributed by atoms with Gasteiger partial charge in [-0.25, -0.2) is 4.98 Å². The molecule has 2 aromatic rings. The Kier molecular flexibility index (Phi) is 3.28. The highest BCUT2D eigenvalue weighted by atomic mass is 32.1. The van der Waals surface area contributed by atoms with Crippen LogP contribution < -0.4 is 5.73 Å². The highest BCUT2D eigenvalue weighted by Crippen LogP contribution is 2.27. The third-order valence-corrected chi connectivity index (χ3v) is 3.25. The largest absolute Gasteiger partial charge is 0.466 e. The van der Waals surface area contributed by atoms with E-state index in [2.05, 4.69) is 4.98 Å². The van der Waals surface area contributed by atoms with Crippen LogP contribution in [0.5, 0.6) is 0 Å². The number of aryl methyl sites for hydroxylation is 1. The van der Waals surface area contributed by atoms with E-state index in [0.717, 1.165) is 21.3 Å². The Labute approximate surface area is 103 Å². The van der Waals surface area contributed by atoms with Crippen molar-refractivity contribution in [1.82, 2.24) is 4.98 Å². The van der Waals surface area contributed by atoms with Gasteiger partial charge >= 0.3 is 5.97 Å². The van der Waals surface area contributed by atoms with Gasteiger partial charge in [0.05, 0.1) is 23.2 Å². The van der Waals surface area contributed by atoms with Gasteiger partial charge in [0, 0.05) is 0 Å². The van der Waals surface area contributed by atoms with Crippen molar-refractivity contribution in [3.8, 4) is 0 Å². The van der Waals surface area contributed by atoms with Crippen molar-refractivity contribution in [3.63, 3.8) is 0 Å². The second-order valence-electron chi connectivity index (χ2n) is 3.79. The van der Waals surface area contributed by atoms with Gasteiger partial charge in [-0.3, -0.25) is 4.79 Å². The number of nitrogen functional groups attached to an aromatic ring is 1. The molecule has 17 heavy (non-hydrogen) atoms. The lowest BCUT2D eigenvalue weighted by Crippen LogP contribution is -2.07. The van der Waals surface area contributed by atoms with Crippen LogP contribution in [0.1, 0.15) is 18.1 Å². The zero-order valence-electron chi connectivity index (χ0n) is 9.82. The zero-order chi connectivity index (χ0) is 12.4. The van der Waals surface area contributed by atoms with Crippen molar-refractivity contribution >= 4 is 32.7 Å². The SMILES string of the molecule is CCOC(=O)Cc1cc(C)c2nc(N)sc2c1. The monoisotopic (exact) mass is 250 g/mol. The molecular formula is C12H14N2O2S. The van der Waals surface area contributed by atoms with E-state index in [1.54, 1.807) is 6.92 Å². The summed E-state index contributed by atoms with van der Waals surface area (Å²) in [5, 5.41) is 0.552. The predicted molar refractivity (Wildman–Crippen MR) is 69.1 cm³/mol. The Balaban J connectivity index is 2.33. The van der Waals surface area contributed by atoms with Gasteiger partial charge in [0.25, 0.3) is 0 Å². The van der Waals surface area contributed by atoms with Gasteiger partial charge in [0.1, 0.15) is 0 Å². The number of esters is 1. The molecule has 2 rings (SSSR count). The maximum absolute atomic E-state index is 11.4. The average molecular weight is 250 g/mol. The molecule has 0 bridgehead atoms. The van der Waals surface area contributed by atoms with Gasteiger partial charge in [0.2, 0.25) is 0 Å². The fourth-order valence-corrected chi connectivity index (χ4v) is 2.64. The number of ether oxygens (including phenoxy) is 1. The van der Waals surface area contributed by atoms with Crippen LogP contribution >= 0.6 is 11.3 Å². The third-order valence-electron chi connectivity index (χ3n) is 2.42. The summed E-state index contributed by atoms with van der Waals surface area (Å²) in [6.07, 6.45) is 0.294. The molecule has 0 fully saturated rings. The summed E-state index contributed by atoms with van der Waals surface area (Å²) in [6, 6.07) is 3.91.